The second kappa shape index (κ2) is 13.8. The van der Waals surface area contributed by atoms with Crippen LogP contribution in [0, 0.1) is 0 Å². The van der Waals surface area contributed by atoms with Crippen LogP contribution < -0.4 is 5.32 Å². The van der Waals surface area contributed by atoms with Crippen LogP contribution in [0.2, 0.25) is 10.0 Å². The number of carbonyl (C=O) groups is 2. The summed E-state index contributed by atoms with van der Waals surface area (Å²) in [6, 6.07) is 13.1. The van der Waals surface area contributed by atoms with E-state index >= 15 is 0 Å². The first-order valence-electron chi connectivity index (χ1n) is 11.7. The van der Waals surface area contributed by atoms with Crippen LogP contribution in [-0.4, -0.2) is 34.6 Å². The van der Waals surface area contributed by atoms with E-state index in [1.54, 1.807) is 28.8 Å². The zero-order chi connectivity index (χ0) is 24.5. The van der Waals surface area contributed by atoms with Crippen LogP contribution in [0.4, 0.5) is 0 Å². The van der Waals surface area contributed by atoms with Crippen molar-refractivity contribution in [3.05, 3.63) is 68.1 Å². The summed E-state index contributed by atoms with van der Waals surface area (Å²) in [6.07, 6.45) is 6.06. The molecule has 1 fully saturated rings. The predicted molar refractivity (Wildman–Crippen MR) is 146 cm³/mol. The number of hydrogen-bond acceptors (Lipinski definition) is 3. The molecule has 0 aliphatic heterocycles. The highest BCUT2D eigenvalue weighted by Crippen LogP contribution is 2.25. The third-order valence-corrected chi connectivity index (χ3v) is 8.34. The fourth-order valence-corrected chi connectivity index (χ4v) is 5.67. The highest BCUT2D eigenvalue weighted by atomic mass is 79.9. The fourth-order valence-electron chi connectivity index (χ4n) is 4.22. The Bertz CT molecular complexity index is 968. The van der Waals surface area contributed by atoms with Gasteiger partial charge in [-0.2, -0.15) is 0 Å². The molecule has 3 rings (SSSR count). The van der Waals surface area contributed by atoms with Crippen molar-refractivity contribution in [2.45, 2.75) is 69.8 Å². The Kier molecular flexibility index (Phi) is 11.1. The average molecular weight is 586 g/mol. The molecule has 1 aliphatic rings. The smallest absolute Gasteiger partial charge is 0.243 e. The summed E-state index contributed by atoms with van der Waals surface area (Å²) < 4.78 is 1.03. The van der Waals surface area contributed by atoms with E-state index in [0.29, 0.717) is 28.8 Å². The van der Waals surface area contributed by atoms with Gasteiger partial charge >= 0.3 is 0 Å². The standard InChI is InChI=1S/C26H31BrCl2N2O2S/c1-2-24(26(33)30-21-6-4-3-5-7-21)31(15-19-10-13-22(28)23(29)14-19)25(32)17-34-16-18-8-11-20(27)12-9-18/h8-14,21,24H,2-7,15-17H2,1H3,(H,30,33)/t24-/m1/s1. The van der Waals surface area contributed by atoms with Gasteiger partial charge in [-0.05, 0) is 54.7 Å². The van der Waals surface area contributed by atoms with Crippen molar-refractivity contribution in [3.8, 4) is 0 Å². The van der Waals surface area contributed by atoms with Crippen molar-refractivity contribution in [1.82, 2.24) is 10.2 Å². The summed E-state index contributed by atoms with van der Waals surface area (Å²) >= 11 is 17.3. The number of benzene rings is 2. The highest BCUT2D eigenvalue weighted by Gasteiger charge is 2.30. The maximum atomic E-state index is 13.4. The van der Waals surface area contributed by atoms with Crippen LogP contribution in [0.1, 0.15) is 56.6 Å². The van der Waals surface area contributed by atoms with E-state index in [1.807, 2.05) is 37.3 Å². The van der Waals surface area contributed by atoms with Crippen molar-refractivity contribution in [2.75, 3.05) is 5.75 Å². The first-order valence-corrected chi connectivity index (χ1v) is 14.4. The number of carbonyl (C=O) groups excluding carboxylic acids is 2. The molecule has 0 radical (unpaired) electrons. The molecule has 0 saturated heterocycles. The second-order valence-electron chi connectivity index (χ2n) is 8.66. The Balaban J connectivity index is 1.71. The largest absolute Gasteiger partial charge is 0.352 e. The number of thioether (sulfide) groups is 1. The molecule has 1 aliphatic carbocycles. The van der Waals surface area contributed by atoms with Crippen LogP contribution in [0.3, 0.4) is 0 Å². The summed E-state index contributed by atoms with van der Waals surface area (Å²) in [7, 11) is 0. The summed E-state index contributed by atoms with van der Waals surface area (Å²) in [5.41, 5.74) is 2.00. The number of hydrogen-bond donors (Lipinski definition) is 1. The lowest BCUT2D eigenvalue weighted by atomic mass is 9.95. The van der Waals surface area contributed by atoms with Crippen LogP contribution in [0.5, 0.6) is 0 Å². The van der Waals surface area contributed by atoms with Gasteiger partial charge in [-0.15, -0.1) is 11.8 Å². The van der Waals surface area contributed by atoms with Gasteiger partial charge in [-0.25, -0.2) is 0 Å². The normalized spacial score (nSPS) is 15.1. The number of rotatable bonds is 10. The van der Waals surface area contributed by atoms with Gasteiger partial charge < -0.3 is 10.2 Å². The summed E-state index contributed by atoms with van der Waals surface area (Å²) in [5.74, 6) is 0.898. The first-order chi connectivity index (χ1) is 16.4. The summed E-state index contributed by atoms with van der Waals surface area (Å²) in [4.78, 5) is 28.4. The lowest BCUT2D eigenvalue weighted by Crippen LogP contribution is -2.52. The molecule has 1 atom stereocenters. The van der Waals surface area contributed by atoms with Gasteiger partial charge in [-0.3, -0.25) is 9.59 Å². The Morgan fingerprint density at radius 2 is 1.74 bits per heavy atom. The Morgan fingerprint density at radius 1 is 1.06 bits per heavy atom. The summed E-state index contributed by atoms with van der Waals surface area (Å²) in [6.45, 7) is 2.26. The molecule has 0 aromatic heterocycles. The molecule has 8 heteroatoms. The molecule has 184 valence electrons. The minimum Gasteiger partial charge on any atom is -0.352 e. The van der Waals surface area contributed by atoms with E-state index in [1.165, 1.54) is 6.42 Å². The van der Waals surface area contributed by atoms with Gasteiger partial charge in [0.25, 0.3) is 0 Å². The molecule has 34 heavy (non-hydrogen) atoms. The molecule has 0 spiro atoms. The molecule has 2 aromatic rings. The van der Waals surface area contributed by atoms with Gasteiger partial charge in [0.05, 0.1) is 15.8 Å². The van der Waals surface area contributed by atoms with E-state index in [0.717, 1.165) is 47.0 Å². The molecule has 2 aromatic carbocycles. The molecule has 1 N–H and O–H groups in total. The SMILES string of the molecule is CC[C@H](C(=O)NC1CCCCC1)N(Cc1ccc(Cl)c(Cl)c1)C(=O)CSCc1ccc(Br)cc1. The van der Waals surface area contributed by atoms with Crippen LogP contribution in [0.25, 0.3) is 0 Å². The lowest BCUT2D eigenvalue weighted by Gasteiger charge is -2.33. The second-order valence-corrected chi connectivity index (χ2v) is 11.4. The maximum absolute atomic E-state index is 13.4. The van der Waals surface area contributed by atoms with Crippen molar-refractivity contribution < 1.29 is 9.59 Å². The molecule has 1 saturated carbocycles. The lowest BCUT2D eigenvalue weighted by molar-refractivity contribution is -0.139. The topological polar surface area (TPSA) is 49.4 Å². The van der Waals surface area contributed by atoms with Gasteiger partial charge in [0.15, 0.2) is 0 Å². The van der Waals surface area contributed by atoms with E-state index in [-0.39, 0.29) is 17.9 Å². The van der Waals surface area contributed by atoms with E-state index in [9.17, 15) is 9.59 Å². The number of nitrogens with one attached hydrogen (secondary N) is 1. The third kappa shape index (κ3) is 8.18. The van der Waals surface area contributed by atoms with Gasteiger partial charge in [0.1, 0.15) is 6.04 Å². The van der Waals surface area contributed by atoms with Crippen molar-refractivity contribution in [3.63, 3.8) is 0 Å². The molecule has 2 amide bonds. The predicted octanol–water partition coefficient (Wildman–Crippen LogP) is 7.25. The molecule has 0 heterocycles. The highest BCUT2D eigenvalue weighted by molar-refractivity contribution is 9.10. The summed E-state index contributed by atoms with van der Waals surface area (Å²) in [5, 5.41) is 4.12. The van der Waals surface area contributed by atoms with E-state index < -0.39 is 6.04 Å². The van der Waals surface area contributed by atoms with Gasteiger partial charge in [0, 0.05) is 22.8 Å². The average Bonchev–Trinajstić information content (AvgIpc) is 2.83. The quantitative estimate of drug-likeness (QED) is 0.319. The molecular weight excluding hydrogens is 555 g/mol. The van der Waals surface area contributed by atoms with Crippen LogP contribution in [0.15, 0.2) is 46.9 Å². The fraction of sp³-hybridized carbons (Fsp3) is 0.462. The maximum Gasteiger partial charge on any atom is 0.243 e. The van der Waals surface area contributed by atoms with Crippen molar-refractivity contribution in [2.24, 2.45) is 0 Å². The zero-order valence-corrected chi connectivity index (χ0v) is 23.3. The molecular formula is C26H31BrCl2N2O2S. The van der Waals surface area contributed by atoms with Crippen LogP contribution in [-0.2, 0) is 21.9 Å². The number of halogens is 3. The van der Waals surface area contributed by atoms with Crippen LogP contribution >= 0.6 is 50.9 Å². The Morgan fingerprint density at radius 3 is 2.38 bits per heavy atom. The van der Waals surface area contributed by atoms with Crippen molar-refractivity contribution in [1.29, 1.82) is 0 Å². The Hall–Kier alpha value is -1.21. The van der Waals surface area contributed by atoms with Gasteiger partial charge in [0.2, 0.25) is 11.8 Å². The number of amides is 2. The molecule has 0 bridgehead atoms. The zero-order valence-electron chi connectivity index (χ0n) is 19.4. The minimum absolute atomic E-state index is 0.0566. The third-order valence-electron chi connectivity index (χ3n) is 6.08. The van der Waals surface area contributed by atoms with Gasteiger partial charge in [-0.1, -0.05) is 83.5 Å². The monoisotopic (exact) mass is 584 g/mol. The molecule has 0 unspecified atom stereocenters. The van der Waals surface area contributed by atoms with E-state index in [2.05, 4.69) is 21.2 Å². The molecule has 4 nitrogen and oxygen atoms in total. The van der Waals surface area contributed by atoms with E-state index in [4.69, 9.17) is 23.2 Å². The van der Waals surface area contributed by atoms with Crippen molar-refractivity contribution >= 4 is 62.7 Å². The Labute approximate surface area is 225 Å². The first kappa shape index (κ1) is 27.4. The minimum atomic E-state index is -0.530. The number of nitrogens with zero attached hydrogens (tertiary/aromatic N) is 1.